The summed E-state index contributed by atoms with van der Waals surface area (Å²) in [6.07, 6.45) is 1.82. The molecule has 2 rings (SSSR count). The summed E-state index contributed by atoms with van der Waals surface area (Å²) in [5, 5.41) is 14.4. The smallest absolute Gasteiger partial charge is 0.340 e. The van der Waals surface area contributed by atoms with Crippen molar-refractivity contribution in [2.24, 2.45) is 11.1 Å². The Hall–Kier alpha value is -1.64. The topological polar surface area (TPSA) is 110 Å². The molecule has 0 radical (unpaired) electrons. The maximum Gasteiger partial charge on any atom is 0.340 e. The second kappa shape index (κ2) is 6.64. The molecule has 3 N–H and O–H groups in total. The first-order valence-electron chi connectivity index (χ1n) is 6.97. The first kappa shape index (κ1) is 16.7. The highest BCUT2D eigenvalue weighted by atomic mass is 32.2. The van der Waals surface area contributed by atoms with Gasteiger partial charge in [0.1, 0.15) is 0 Å². The zero-order chi connectivity index (χ0) is 16.3. The molecular weight excluding hydrogens is 308 g/mol. The molecule has 1 saturated heterocycles. The molecule has 0 unspecified atom stereocenters. The van der Waals surface area contributed by atoms with Crippen molar-refractivity contribution < 1.29 is 23.1 Å². The van der Waals surface area contributed by atoms with E-state index in [1.165, 1.54) is 19.2 Å². The summed E-state index contributed by atoms with van der Waals surface area (Å²) < 4.78 is 27.7. The van der Waals surface area contributed by atoms with Crippen LogP contribution < -0.4 is 10.0 Å². The summed E-state index contributed by atoms with van der Waals surface area (Å²) in [6, 6.07) is 4.17. The summed E-state index contributed by atoms with van der Waals surface area (Å²) in [4.78, 5) is 13.8. The molecule has 1 aromatic carbocycles. The first-order valence-corrected chi connectivity index (χ1v) is 8.52. The maximum atomic E-state index is 12.0. The fourth-order valence-electron chi connectivity index (χ4n) is 2.67. The third-order valence-corrected chi connectivity index (χ3v) is 4.73. The first-order chi connectivity index (χ1) is 10.4. The summed E-state index contributed by atoms with van der Waals surface area (Å²) in [7, 11) is -2.66. The molecule has 1 aliphatic heterocycles. The monoisotopic (exact) mass is 328 g/mol. The number of methoxy groups -OCH3 is 1. The lowest BCUT2D eigenvalue weighted by Gasteiger charge is -2.34. The van der Waals surface area contributed by atoms with Crippen LogP contribution in [0.4, 0.5) is 5.69 Å². The number of piperidine rings is 1. The number of benzene rings is 1. The highest BCUT2D eigenvalue weighted by molar-refractivity contribution is 7.89. The Kier molecular flexibility index (Phi) is 5.05. The van der Waals surface area contributed by atoms with Gasteiger partial charge < -0.3 is 14.7 Å². The number of aliphatic hydroxyl groups is 1. The van der Waals surface area contributed by atoms with E-state index in [2.05, 4.69) is 0 Å². The van der Waals surface area contributed by atoms with Crippen LogP contribution in [0.25, 0.3) is 0 Å². The molecule has 0 aliphatic carbocycles. The maximum absolute atomic E-state index is 12.0. The van der Waals surface area contributed by atoms with Gasteiger partial charge in [0.2, 0.25) is 10.0 Å². The number of ether oxygens (including phenoxy) is 1. The Morgan fingerprint density at radius 1 is 1.50 bits per heavy atom. The van der Waals surface area contributed by atoms with Crippen molar-refractivity contribution >= 4 is 21.7 Å². The lowest BCUT2D eigenvalue weighted by atomic mass is 9.97. The Morgan fingerprint density at radius 2 is 2.23 bits per heavy atom. The molecule has 8 heteroatoms. The van der Waals surface area contributed by atoms with Crippen LogP contribution in [-0.2, 0) is 14.8 Å². The van der Waals surface area contributed by atoms with Gasteiger partial charge in [-0.25, -0.2) is 18.4 Å². The number of carbonyl (C=O) groups excluding carboxylic acids is 1. The van der Waals surface area contributed by atoms with Gasteiger partial charge in [-0.05, 0) is 37.0 Å². The fourth-order valence-corrected chi connectivity index (χ4v) is 3.21. The van der Waals surface area contributed by atoms with Crippen LogP contribution in [-0.4, -0.2) is 46.3 Å². The highest BCUT2D eigenvalue weighted by Crippen LogP contribution is 2.28. The van der Waals surface area contributed by atoms with Gasteiger partial charge in [-0.2, -0.15) is 0 Å². The number of nitrogens with zero attached hydrogens (tertiary/aromatic N) is 1. The quantitative estimate of drug-likeness (QED) is 0.771. The van der Waals surface area contributed by atoms with Gasteiger partial charge in [-0.15, -0.1) is 0 Å². The van der Waals surface area contributed by atoms with E-state index in [9.17, 15) is 18.3 Å². The Balaban J connectivity index is 2.44. The Labute approximate surface area is 129 Å². The van der Waals surface area contributed by atoms with Gasteiger partial charge in [0.15, 0.2) is 0 Å². The summed E-state index contributed by atoms with van der Waals surface area (Å²) in [5.41, 5.74) is 0.755. The van der Waals surface area contributed by atoms with E-state index in [1.807, 2.05) is 4.90 Å². The van der Waals surface area contributed by atoms with Crippen molar-refractivity contribution in [2.45, 2.75) is 17.7 Å². The van der Waals surface area contributed by atoms with E-state index in [4.69, 9.17) is 9.88 Å². The van der Waals surface area contributed by atoms with Gasteiger partial charge in [0.25, 0.3) is 0 Å². The molecule has 1 aliphatic rings. The molecule has 1 aromatic rings. The van der Waals surface area contributed by atoms with Crippen LogP contribution in [0.1, 0.15) is 23.2 Å². The SMILES string of the molecule is COC(=O)c1cc(S(N)(=O)=O)ccc1N1CCC[C@@H](CO)C1. The fraction of sp³-hybridized carbons (Fsp3) is 0.500. The number of esters is 1. The average Bonchev–Trinajstić information content (AvgIpc) is 2.52. The standard InChI is InChI=1S/C14H20N2O5S/c1-21-14(18)12-7-11(22(15,19)20)4-5-13(12)16-6-2-3-10(8-16)9-17/h4-5,7,10,17H,2-3,6,8-9H2,1H3,(H2,15,19,20)/t10-/m1/s1. The molecule has 22 heavy (non-hydrogen) atoms. The van der Waals surface area contributed by atoms with E-state index >= 15 is 0 Å². The van der Waals surface area contributed by atoms with Crippen LogP contribution in [0.2, 0.25) is 0 Å². The third-order valence-electron chi connectivity index (χ3n) is 3.82. The Bertz CT molecular complexity index is 659. The number of hydrogen-bond acceptors (Lipinski definition) is 6. The van der Waals surface area contributed by atoms with Crippen LogP contribution in [0.15, 0.2) is 23.1 Å². The van der Waals surface area contributed by atoms with Gasteiger partial charge in [-0.3, -0.25) is 0 Å². The molecule has 0 amide bonds. The van der Waals surface area contributed by atoms with Crippen molar-refractivity contribution in [3.63, 3.8) is 0 Å². The molecule has 7 nitrogen and oxygen atoms in total. The van der Waals surface area contributed by atoms with E-state index in [0.717, 1.165) is 19.4 Å². The molecule has 0 saturated carbocycles. The summed E-state index contributed by atoms with van der Waals surface area (Å²) >= 11 is 0. The number of aliphatic hydroxyl groups excluding tert-OH is 1. The average molecular weight is 328 g/mol. The molecule has 0 aromatic heterocycles. The minimum atomic E-state index is -3.90. The third kappa shape index (κ3) is 3.57. The van der Waals surface area contributed by atoms with E-state index in [0.29, 0.717) is 12.2 Å². The largest absolute Gasteiger partial charge is 0.465 e. The predicted octanol–water partition coefficient (Wildman–Crippen LogP) is 0.329. The molecule has 122 valence electrons. The van der Waals surface area contributed by atoms with Crippen molar-refractivity contribution in [1.82, 2.24) is 0 Å². The lowest BCUT2D eigenvalue weighted by Crippen LogP contribution is -2.37. The normalized spacial score (nSPS) is 19.0. The number of rotatable bonds is 4. The van der Waals surface area contributed by atoms with Crippen molar-refractivity contribution in [3.8, 4) is 0 Å². The highest BCUT2D eigenvalue weighted by Gasteiger charge is 2.25. The Morgan fingerprint density at radius 3 is 2.82 bits per heavy atom. The van der Waals surface area contributed by atoms with Crippen molar-refractivity contribution in [3.05, 3.63) is 23.8 Å². The second-order valence-corrected chi connectivity index (χ2v) is 6.91. The minimum Gasteiger partial charge on any atom is -0.465 e. The second-order valence-electron chi connectivity index (χ2n) is 5.35. The van der Waals surface area contributed by atoms with Crippen molar-refractivity contribution in [1.29, 1.82) is 0 Å². The number of sulfonamides is 1. The van der Waals surface area contributed by atoms with Crippen LogP contribution in [0, 0.1) is 5.92 Å². The molecular formula is C14H20N2O5S. The van der Waals surface area contributed by atoms with Crippen LogP contribution in [0.5, 0.6) is 0 Å². The van der Waals surface area contributed by atoms with Crippen LogP contribution in [0.3, 0.4) is 0 Å². The zero-order valence-corrected chi connectivity index (χ0v) is 13.2. The summed E-state index contributed by atoms with van der Waals surface area (Å²) in [5.74, 6) is -0.483. The molecule has 1 heterocycles. The molecule has 0 bridgehead atoms. The van der Waals surface area contributed by atoms with Gasteiger partial charge in [0.05, 0.1) is 23.3 Å². The van der Waals surface area contributed by atoms with Gasteiger partial charge >= 0.3 is 5.97 Å². The number of nitrogens with two attached hydrogens (primary N) is 1. The summed E-state index contributed by atoms with van der Waals surface area (Å²) in [6.45, 7) is 1.42. The number of anilines is 1. The van der Waals surface area contributed by atoms with E-state index in [1.54, 1.807) is 6.07 Å². The number of carbonyl (C=O) groups is 1. The predicted molar refractivity (Wildman–Crippen MR) is 81.2 cm³/mol. The number of hydrogen-bond donors (Lipinski definition) is 2. The van der Waals surface area contributed by atoms with Gasteiger partial charge in [-0.1, -0.05) is 0 Å². The van der Waals surface area contributed by atoms with Gasteiger partial charge in [0, 0.05) is 19.7 Å². The van der Waals surface area contributed by atoms with Crippen LogP contribution >= 0.6 is 0 Å². The minimum absolute atomic E-state index is 0.0827. The zero-order valence-electron chi connectivity index (χ0n) is 12.4. The molecule has 0 spiro atoms. The van der Waals surface area contributed by atoms with Crippen molar-refractivity contribution in [2.75, 3.05) is 31.7 Å². The van der Waals surface area contributed by atoms with E-state index in [-0.39, 0.29) is 23.0 Å². The molecule has 1 atom stereocenters. The van der Waals surface area contributed by atoms with E-state index < -0.39 is 16.0 Å². The number of primary sulfonamides is 1. The lowest BCUT2D eigenvalue weighted by molar-refractivity contribution is 0.0601. The molecule has 1 fully saturated rings.